The Hall–Kier alpha value is -1.26. The van der Waals surface area contributed by atoms with Gasteiger partial charge in [0.05, 0.1) is 11.4 Å². The van der Waals surface area contributed by atoms with Crippen LogP contribution in [-0.4, -0.2) is 23.6 Å². The number of nitrogens with zero attached hydrogens (tertiary/aromatic N) is 2. The molecule has 2 aromatic rings. The second-order valence-electron chi connectivity index (χ2n) is 4.69. The molecule has 0 amide bonds. The van der Waals surface area contributed by atoms with Crippen molar-refractivity contribution in [2.75, 3.05) is 13.6 Å². The minimum Gasteiger partial charge on any atom is -0.319 e. The second-order valence-corrected chi connectivity index (χ2v) is 5.77. The molecule has 0 aliphatic heterocycles. The Labute approximate surface area is 111 Å². The second kappa shape index (κ2) is 5.16. The first-order valence-electron chi connectivity index (χ1n) is 6.44. The maximum absolute atomic E-state index is 4.84. The van der Waals surface area contributed by atoms with E-state index in [1.807, 2.05) is 42.8 Å². The summed E-state index contributed by atoms with van der Waals surface area (Å²) in [6.07, 6.45) is 5.54. The normalized spacial score (nSPS) is 18.6. The highest BCUT2D eigenvalue weighted by Gasteiger charge is 2.24. The maximum Gasteiger partial charge on any atom is 0.142 e. The van der Waals surface area contributed by atoms with E-state index in [0.717, 1.165) is 17.2 Å². The van der Waals surface area contributed by atoms with E-state index in [1.165, 1.54) is 29.8 Å². The lowest BCUT2D eigenvalue weighted by atomic mass is 9.91. The third kappa shape index (κ3) is 2.18. The van der Waals surface area contributed by atoms with Gasteiger partial charge in [0.1, 0.15) is 5.01 Å². The van der Waals surface area contributed by atoms with Gasteiger partial charge in [0.25, 0.3) is 0 Å². The molecular weight excluding hydrogens is 242 g/mol. The van der Waals surface area contributed by atoms with Gasteiger partial charge >= 0.3 is 0 Å². The average molecular weight is 259 g/mol. The van der Waals surface area contributed by atoms with Crippen LogP contribution in [0.3, 0.4) is 0 Å². The highest BCUT2D eigenvalue weighted by Crippen LogP contribution is 2.37. The van der Waals surface area contributed by atoms with Crippen LogP contribution < -0.4 is 5.32 Å². The summed E-state index contributed by atoms with van der Waals surface area (Å²) in [7, 11) is 2.01. The summed E-state index contributed by atoms with van der Waals surface area (Å²) in [5.74, 6) is 0.576. The minimum atomic E-state index is 0.576. The Morgan fingerprint density at radius 2 is 2.39 bits per heavy atom. The molecule has 0 aromatic carbocycles. The van der Waals surface area contributed by atoms with Gasteiger partial charge in [-0.3, -0.25) is 4.98 Å². The fraction of sp³-hybridized carbons (Fsp3) is 0.429. The minimum absolute atomic E-state index is 0.576. The molecule has 1 N–H and O–H groups in total. The zero-order valence-electron chi connectivity index (χ0n) is 10.5. The smallest absolute Gasteiger partial charge is 0.142 e. The first kappa shape index (κ1) is 11.8. The molecule has 0 bridgehead atoms. The van der Waals surface area contributed by atoms with Crippen LogP contribution in [0, 0.1) is 0 Å². The van der Waals surface area contributed by atoms with Crippen molar-refractivity contribution in [2.24, 2.45) is 0 Å². The Balaban J connectivity index is 1.96. The lowest BCUT2D eigenvalue weighted by Crippen LogP contribution is -2.20. The number of likely N-dealkylation sites (N-methyl/N-ethyl adjacent to an activating group) is 1. The molecule has 3 rings (SSSR count). The lowest BCUT2D eigenvalue weighted by Gasteiger charge is -2.20. The molecule has 18 heavy (non-hydrogen) atoms. The Kier molecular flexibility index (Phi) is 3.39. The number of rotatable bonds is 3. The van der Waals surface area contributed by atoms with E-state index in [2.05, 4.69) is 10.3 Å². The van der Waals surface area contributed by atoms with Gasteiger partial charge in [0.2, 0.25) is 0 Å². The van der Waals surface area contributed by atoms with Crippen molar-refractivity contribution in [3.8, 4) is 10.7 Å². The molecule has 2 aromatic heterocycles. The molecule has 3 nitrogen and oxygen atoms in total. The molecule has 0 saturated carbocycles. The van der Waals surface area contributed by atoms with Crippen molar-refractivity contribution >= 4 is 11.3 Å². The van der Waals surface area contributed by atoms with E-state index in [-0.39, 0.29) is 0 Å². The van der Waals surface area contributed by atoms with E-state index in [1.54, 1.807) is 0 Å². The highest BCUT2D eigenvalue weighted by molar-refractivity contribution is 7.15. The summed E-state index contributed by atoms with van der Waals surface area (Å²) >= 11 is 1.82. The number of fused-ring (bicyclic) bond motifs is 1. The number of hydrogen-bond donors (Lipinski definition) is 1. The van der Waals surface area contributed by atoms with Gasteiger partial charge in [0, 0.05) is 23.5 Å². The van der Waals surface area contributed by atoms with Gasteiger partial charge in [-0.15, -0.1) is 11.3 Å². The van der Waals surface area contributed by atoms with Crippen molar-refractivity contribution in [2.45, 2.75) is 25.2 Å². The topological polar surface area (TPSA) is 37.8 Å². The lowest BCUT2D eigenvalue weighted by molar-refractivity contribution is 0.523. The largest absolute Gasteiger partial charge is 0.319 e. The molecule has 1 aliphatic rings. The summed E-state index contributed by atoms with van der Waals surface area (Å²) < 4.78 is 0. The van der Waals surface area contributed by atoms with Gasteiger partial charge in [-0.2, -0.15) is 0 Å². The van der Waals surface area contributed by atoms with Crippen LogP contribution in [0.25, 0.3) is 10.7 Å². The summed E-state index contributed by atoms with van der Waals surface area (Å²) in [6, 6.07) is 6.01. The molecule has 0 radical (unpaired) electrons. The van der Waals surface area contributed by atoms with Gasteiger partial charge in [0.15, 0.2) is 0 Å². The van der Waals surface area contributed by atoms with E-state index < -0.39 is 0 Å². The first-order chi connectivity index (χ1) is 8.88. The zero-order chi connectivity index (χ0) is 12.4. The van der Waals surface area contributed by atoms with Crippen LogP contribution >= 0.6 is 11.3 Å². The predicted molar refractivity (Wildman–Crippen MR) is 75.0 cm³/mol. The number of aromatic nitrogens is 2. The molecule has 0 fully saturated rings. The SMILES string of the molecule is CNCC1CCCc2sc(-c3ccccn3)nc21. The van der Waals surface area contributed by atoms with Crippen LogP contribution in [0.2, 0.25) is 0 Å². The molecule has 94 valence electrons. The summed E-state index contributed by atoms with van der Waals surface area (Å²) in [4.78, 5) is 10.7. The molecule has 2 heterocycles. The van der Waals surface area contributed by atoms with Crippen LogP contribution in [0.5, 0.6) is 0 Å². The molecule has 0 spiro atoms. The molecule has 4 heteroatoms. The summed E-state index contributed by atoms with van der Waals surface area (Å²) in [6.45, 7) is 1.03. The third-order valence-electron chi connectivity index (χ3n) is 3.41. The maximum atomic E-state index is 4.84. The van der Waals surface area contributed by atoms with E-state index in [4.69, 9.17) is 4.98 Å². The van der Waals surface area contributed by atoms with Crippen molar-refractivity contribution in [3.63, 3.8) is 0 Å². The van der Waals surface area contributed by atoms with Crippen molar-refractivity contribution in [3.05, 3.63) is 35.0 Å². The van der Waals surface area contributed by atoms with Crippen molar-refractivity contribution in [1.82, 2.24) is 15.3 Å². The standard InChI is InChI=1S/C14H17N3S/c1-15-9-10-5-4-7-12-13(10)17-14(18-12)11-6-2-3-8-16-11/h2-3,6,8,10,15H,4-5,7,9H2,1H3. The Morgan fingerprint density at radius 1 is 1.44 bits per heavy atom. The number of hydrogen-bond acceptors (Lipinski definition) is 4. The van der Waals surface area contributed by atoms with E-state index >= 15 is 0 Å². The molecule has 1 aliphatic carbocycles. The van der Waals surface area contributed by atoms with Gasteiger partial charge in [-0.25, -0.2) is 4.98 Å². The molecule has 1 unspecified atom stereocenters. The highest BCUT2D eigenvalue weighted by atomic mass is 32.1. The quantitative estimate of drug-likeness (QED) is 0.921. The fourth-order valence-electron chi connectivity index (χ4n) is 2.55. The first-order valence-corrected chi connectivity index (χ1v) is 7.25. The van der Waals surface area contributed by atoms with Gasteiger partial charge < -0.3 is 5.32 Å². The number of pyridine rings is 1. The average Bonchev–Trinajstić information content (AvgIpc) is 2.85. The van der Waals surface area contributed by atoms with Crippen LogP contribution in [0.15, 0.2) is 24.4 Å². The summed E-state index contributed by atoms with van der Waals surface area (Å²) in [5.41, 5.74) is 2.31. The molecule has 1 atom stereocenters. The van der Waals surface area contributed by atoms with Gasteiger partial charge in [-0.1, -0.05) is 6.07 Å². The molecular formula is C14H17N3S. The number of thiazole rings is 1. The number of aryl methyl sites for hydroxylation is 1. The Morgan fingerprint density at radius 3 is 3.17 bits per heavy atom. The van der Waals surface area contributed by atoms with Crippen molar-refractivity contribution in [1.29, 1.82) is 0 Å². The zero-order valence-corrected chi connectivity index (χ0v) is 11.3. The van der Waals surface area contributed by atoms with Crippen molar-refractivity contribution < 1.29 is 0 Å². The van der Waals surface area contributed by atoms with Gasteiger partial charge in [-0.05, 0) is 38.4 Å². The Bertz CT molecular complexity index is 521. The summed E-state index contributed by atoms with van der Waals surface area (Å²) in [5, 5.41) is 4.35. The van der Waals surface area contributed by atoms with Crippen LogP contribution in [-0.2, 0) is 6.42 Å². The van der Waals surface area contributed by atoms with Crippen LogP contribution in [0.4, 0.5) is 0 Å². The molecule has 0 saturated heterocycles. The van der Waals surface area contributed by atoms with Crippen LogP contribution in [0.1, 0.15) is 29.3 Å². The van der Waals surface area contributed by atoms with E-state index in [9.17, 15) is 0 Å². The third-order valence-corrected chi connectivity index (χ3v) is 4.56. The fourth-order valence-corrected chi connectivity index (χ4v) is 3.72. The monoisotopic (exact) mass is 259 g/mol. The predicted octanol–water partition coefficient (Wildman–Crippen LogP) is 2.84. The number of nitrogens with one attached hydrogen (secondary N) is 1. The van der Waals surface area contributed by atoms with E-state index in [0.29, 0.717) is 5.92 Å².